The molecule has 1 rings (SSSR count). The van der Waals surface area contributed by atoms with Crippen molar-refractivity contribution < 1.29 is 14.6 Å². The summed E-state index contributed by atoms with van der Waals surface area (Å²) in [7, 11) is 0. The van der Waals surface area contributed by atoms with Gasteiger partial charge in [0.05, 0.1) is 6.10 Å². The van der Waals surface area contributed by atoms with Crippen LogP contribution in [0.3, 0.4) is 0 Å². The molecule has 1 aromatic rings. The Kier molecular flexibility index (Phi) is 15.9. The van der Waals surface area contributed by atoms with Gasteiger partial charge in [-0.1, -0.05) is 75.7 Å². The monoisotopic (exact) mass is 408 g/mol. The first-order valence-electron chi connectivity index (χ1n) is 11.4. The summed E-state index contributed by atoms with van der Waals surface area (Å²) in [5.41, 5.74) is 0. The van der Waals surface area contributed by atoms with Crippen molar-refractivity contribution in [3.63, 3.8) is 0 Å². The van der Waals surface area contributed by atoms with Gasteiger partial charge in [0.1, 0.15) is 6.61 Å². The van der Waals surface area contributed by atoms with Crippen molar-refractivity contribution in [1.82, 2.24) is 20.6 Å². The highest BCUT2D eigenvalue weighted by Crippen LogP contribution is 2.10. The number of aromatic nitrogens is 4. The van der Waals surface area contributed by atoms with Crippen molar-refractivity contribution in [2.45, 2.75) is 109 Å². The van der Waals surface area contributed by atoms with Crippen LogP contribution in [0.4, 0.5) is 0 Å². The van der Waals surface area contributed by atoms with Gasteiger partial charge in [-0.05, 0) is 32.1 Å². The fraction of sp³-hybridized carbons (Fsp3) is 0.818. The maximum atomic E-state index is 11.7. The number of esters is 1. The van der Waals surface area contributed by atoms with Crippen molar-refractivity contribution in [1.29, 1.82) is 0 Å². The zero-order valence-corrected chi connectivity index (χ0v) is 18.2. The Balaban J connectivity index is 1.83. The number of H-pyrrole nitrogens is 1. The lowest BCUT2D eigenvalue weighted by Gasteiger charge is -2.09. The number of aliphatic hydroxyl groups is 1. The minimum atomic E-state index is -0.800. The largest absolute Gasteiger partial charge is 0.463 e. The molecular formula is C22H40N4O3. The number of tetrazole rings is 1. The number of aromatic amines is 1. The highest BCUT2D eigenvalue weighted by Gasteiger charge is 2.12. The lowest BCUT2D eigenvalue weighted by Crippen LogP contribution is -2.21. The van der Waals surface area contributed by atoms with Crippen LogP contribution in [-0.4, -0.2) is 44.4 Å². The number of allylic oxidation sites excluding steroid dienone is 2. The predicted molar refractivity (Wildman–Crippen MR) is 114 cm³/mol. The van der Waals surface area contributed by atoms with E-state index in [0.717, 1.165) is 25.7 Å². The molecule has 2 N–H and O–H groups in total. The molecule has 0 aliphatic carbocycles. The van der Waals surface area contributed by atoms with E-state index in [2.05, 4.69) is 39.7 Å². The molecule has 1 atom stereocenters. The second kappa shape index (κ2) is 18.3. The van der Waals surface area contributed by atoms with Gasteiger partial charge in [0.15, 0.2) is 5.82 Å². The summed E-state index contributed by atoms with van der Waals surface area (Å²) in [6.07, 6.45) is 20.5. The number of unbranched alkanes of at least 4 members (excludes halogenated alkanes) is 11. The molecule has 0 bridgehead atoms. The summed E-state index contributed by atoms with van der Waals surface area (Å²) in [5, 5.41) is 23.0. The van der Waals surface area contributed by atoms with Crippen LogP contribution in [0, 0.1) is 0 Å². The molecule has 0 aromatic carbocycles. The second-order valence-corrected chi connectivity index (χ2v) is 7.70. The van der Waals surface area contributed by atoms with E-state index in [-0.39, 0.29) is 19.0 Å². The average molecular weight is 409 g/mol. The smallest absolute Gasteiger partial charge is 0.305 e. The van der Waals surface area contributed by atoms with E-state index in [4.69, 9.17) is 4.74 Å². The summed E-state index contributed by atoms with van der Waals surface area (Å²) >= 11 is 0. The van der Waals surface area contributed by atoms with Crippen LogP contribution in [0.2, 0.25) is 0 Å². The van der Waals surface area contributed by atoms with Gasteiger partial charge >= 0.3 is 5.97 Å². The highest BCUT2D eigenvalue weighted by molar-refractivity contribution is 5.69. The van der Waals surface area contributed by atoms with Crippen LogP contribution in [0.25, 0.3) is 0 Å². The van der Waals surface area contributed by atoms with Crippen LogP contribution in [0.1, 0.15) is 103 Å². The number of ether oxygens (including phenoxy) is 1. The molecule has 0 spiro atoms. The maximum Gasteiger partial charge on any atom is 0.305 e. The second-order valence-electron chi connectivity index (χ2n) is 7.70. The van der Waals surface area contributed by atoms with Crippen molar-refractivity contribution >= 4 is 5.97 Å². The van der Waals surface area contributed by atoms with Gasteiger partial charge in [-0.15, -0.1) is 10.2 Å². The van der Waals surface area contributed by atoms with Crippen molar-refractivity contribution in [3.05, 3.63) is 18.0 Å². The number of nitrogens with zero attached hydrogens (tertiary/aromatic N) is 3. The molecule has 0 aliphatic heterocycles. The molecular weight excluding hydrogens is 368 g/mol. The normalized spacial score (nSPS) is 12.5. The third-order valence-electron chi connectivity index (χ3n) is 4.89. The Morgan fingerprint density at radius 2 is 1.62 bits per heavy atom. The zero-order valence-electron chi connectivity index (χ0n) is 18.2. The van der Waals surface area contributed by atoms with Crippen LogP contribution in [-0.2, 0) is 16.0 Å². The molecule has 0 saturated heterocycles. The van der Waals surface area contributed by atoms with Crippen LogP contribution >= 0.6 is 0 Å². The number of rotatable bonds is 19. The van der Waals surface area contributed by atoms with Gasteiger partial charge < -0.3 is 9.84 Å². The lowest BCUT2D eigenvalue weighted by atomic mass is 10.1. The zero-order chi connectivity index (χ0) is 21.0. The SMILES string of the molecule is CCCCCCCC/C=C\CCCCCCCC(=O)OC[C@@H](O)Cc1nn[nH]n1. The first-order chi connectivity index (χ1) is 14.2. The van der Waals surface area contributed by atoms with E-state index in [9.17, 15) is 9.90 Å². The molecule has 0 amide bonds. The molecule has 0 aliphatic rings. The van der Waals surface area contributed by atoms with E-state index >= 15 is 0 Å². The first kappa shape index (κ1) is 25.3. The third-order valence-corrected chi connectivity index (χ3v) is 4.89. The molecule has 0 unspecified atom stereocenters. The Bertz CT molecular complexity index is 520. The van der Waals surface area contributed by atoms with Crippen molar-refractivity contribution in [2.75, 3.05) is 6.61 Å². The third kappa shape index (κ3) is 15.8. The van der Waals surface area contributed by atoms with Gasteiger partial charge in [0, 0.05) is 12.8 Å². The number of hydrogen-bond acceptors (Lipinski definition) is 6. The predicted octanol–water partition coefficient (Wildman–Crippen LogP) is 4.68. The van der Waals surface area contributed by atoms with Gasteiger partial charge in [-0.25, -0.2) is 0 Å². The Hall–Kier alpha value is -1.76. The van der Waals surface area contributed by atoms with Crippen LogP contribution in [0.5, 0.6) is 0 Å². The Morgan fingerprint density at radius 1 is 1.00 bits per heavy atom. The maximum absolute atomic E-state index is 11.7. The van der Waals surface area contributed by atoms with Crippen molar-refractivity contribution in [3.8, 4) is 0 Å². The number of aliphatic hydroxyl groups excluding tert-OH is 1. The van der Waals surface area contributed by atoms with E-state index in [1.54, 1.807) is 0 Å². The molecule has 0 fully saturated rings. The molecule has 29 heavy (non-hydrogen) atoms. The molecule has 0 saturated carbocycles. The quantitative estimate of drug-likeness (QED) is 0.196. The molecule has 7 heteroatoms. The fourth-order valence-corrected chi connectivity index (χ4v) is 3.14. The number of hydrogen-bond donors (Lipinski definition) is 2. The summed E-state index contributed by atoms with van der Waals surface area (Å²) in [4.78, 5) is 11.7. The van der Waals surface area contributed by atoms with Gasteiger partial charge in [-0.3, -0.25) is 4.79 Å². The van der Waals surface area contributed by atoms with E-state index in [0.29, 0.717) is 12.2 Å². The van der Waals surface area contributed by atoms with E-state index in [1.165, 1.54) is 57.8 Å². The molecule has 1 aromatic heterocycles. The standard InChI is InChI=1S/C22H40N4O3/c1-2-3-4-5-6-7-8-9-10-11-12-13-14-15-16-17-22(28)29-19-20(27)18-21-23-25-26-24-21/h9-10,20,27H,2-8,11-19H2,1H3,(H,23,24,25,26)/b10-9-/t20-/m0/s1. The topological polar surface area (TPSA) is 101 Å². The minimum Gasteiger partial charge on any atom is -0.463 e. The summed E-state index contributed by atoms with van der Waals surface area (Å²) in [6, 6.07) is 0. The number of nitrogens with one attached hydrogen (secondary N) is 1. The van der Waals surface area contributed by atoms with Crippen LogP contribution in [0.15, 0.2) is 12.2 Å². The molecule has 7 nitrogen and oxygen atoms in total. The fourth-order valence-electron chi connectivity index (χ4n) is 3.14. The molecule has 0 radical (unpaired) electrons. The van der Waals surface area contributed by atoms with E-state index < -0.39 is 6.10 Å². The summed E-state index contributed by atoms with van der Waals surface area (Å²) < 4.78 is 5.09. The number of carbonyl (C=O) groups excluding carboxylic acids is 1. The molecule has 166 valence electrons. The average Bonchev–Trinajstić information content (AvgIpc) is 3.22. The van der Waals surface area contributed by atoms with E-state index in [1.807, 2.05) is 0 Å². The minimum absolute atomic E-state index is 0.0293. The first-order valence-corrected chi connectivity index (χ1v) is 11.4. The summed E-state index contributed by atoms with van der Waals surface area (Å²) in [5.74, 6) is 0.153. The number of carbonyl (C=O) groups is 1. The summed E-state index contributed by atoms with van der Waals surface area (Å²) in [6.45, 7) is 2.23. The van der Waals surface area contributed by atoms with Gasteiger partial charge in [0.2, 0.25) is 0 Å². The Morgan fingerprint density at radius 3 is 2.24 bits per heavy atom. The lowest BCUT2D eigenvalue weighted by molar-refractivity contribution is -0.146. The highest BCUT2D eigenvalue weighted by atomic mass is 16.5. The van der Waals surface area contributed by atoms with Crippen LogP contribution < -0.4 is 0 Å². The molecule has 1 heterocycles. The van der Waals surface area contributed by atoms with Gasteiger partial charge in [-0.2, -0.15) is 5.21 Å². The van der Waals surface area contributed by atoms with Gasteiger partial charge in [0.25, 0.3) is 0 Å². The van der Waals surface area contributed by atoms with Crippen molar-refractivity contribution in [2.24, 2.45) is 0 Å². The Labute approximate surface area is 175 Å².